The number of fused-ring (bicyclic) bond motifs is 3. The van der Waals surface area contributed by atoms with Crippen LogP contribution < -0.4 is 14.8 Å². The molecule has 33 heavy (non-hydrogen) atoms. The molecule has 0 unspecified atom stereocenters. The number of benzene rings is 3. The van der Waals surface area contributed by atoms with E-state index in [2.05, 4.69) is 55.6 Å². The van der Waals surface area contributed by atoms with Crippen LogP contribution >= 0.6 is 27.5 Å². The lowest BCUT2D eigenvalue weighted by atomic mass is 9.84. The standard InChI is InChI=1S/C25H18BrClN4O2/c1-32-18-9-4-14(5-10-18)23-21-22(30-25-28-13-29-31(23)25)19-12-17(27)8-11-20(19)33-24(21)15-2-6-16(26)7-3-15/h2-13,23-24H,1H3,(H,28,29,30)/t23-,24-/m1/s1. The van der Waals surface area contributed by atoms with Crippen molar-refractivity contribution in [3.63, 3.8) is 0 Å². The second-order valence-electron chi connectivity index (χ2n) is 7.85. The van der Waals surface area contributed by atoms with Crippen LogP contribution in [-0.2, 0) is 0 Å². The SMILES string of the molecule is COc1ccc([C@@H]2C3=C(Nc4ncnn42)c2cc(Cl)ccc2O[C@@H]3c2ccc(Br)cc2)cc1. The van der Waals surface area contributed by atoms with Crippen molar-refractivity contribution < 1.29 is 9.47 Å². The highest BCUT2D eigenvalue weighted by Gasteiger charge is 2.41. The summed E-state index contributed by atoms with van der Waals surface area (Å²) in [5.41, 5.74) is 4.96. The topological polar surface area (TPSA) is 61.2 Å². The highest BCUT2D eigenvalue weighted by molar-refractivity contribution is 9.10. The van der Waals surface area contributed by atoms with Gasteiger partial charge in [-0.1, -0.05) is 51.8 Å². The van der Waals surface area contributed by atoms with Gasteiger partial charge in [0.25, 0.3) is 0 Å². The van der Waals surface area contributed by atoms with Gasteiger partial charge in [0.05, 0.1) is 12.8 Å². The monoisotopic (exact) mass is 520 g/mol. The lowest BCUT2D eigenvalue weighted by Gasteiger charge is -2.39. The summed E-state index contributed by atoms with van der Waals surface area (Å²) in [4.78, 5) is 4.46. The Morgan fingerprint density at radius 2 is 1.79 bits per heavy atom. The fourth-order valence-corrected chi connectivity index (χ4v) is 4.90. The third-order valence-corrected chi connectivity index (χ3v) is 6.74. The number of anilines is 1. The molecule has 0 aliphatic carbocycles. The zero-order valence-corrected chi connectivity index (χ0v) is 19.8. The zero-order valence-electron chi connectivity index (χ0n) is 17.5. The molecule has 2 atom stereocenters. The van der Waals surface area contributed by atoms with Crippen LogP contribution in [-0.4, -0.2) is 21.9 Å². The van der Waals surface area contributed by atoms with E-state index >= 15 is 0 Å². The normalized spacial score (nSPS) is 18.5. The van der Waals surface area contributed by atoms with E-state index in [1.165, 1.54) is 0 Å². The Morgan fingerprint density at radius 1 is 1.03 bits per heavy atom. The molecule has 164 valence electrons. The second kappa shape index (κ2) is 7.93. The fourth-order valence-electron chi connectivity index (χ4n) is 4.46. The Kier molecular flexibility index (Phi) is 4.89. The van der Waals surface area contributed by atoms with Crippen LogP contribution in [0, 0.1) is 0 Å². The maximum atomic E-state index is 6.61. The van der Waals surface area contributed by atoms with Crippen molar-refractivity contribution in [3.8, 4) is 11.5 Å². The van der Waals surface area contributed by atoms with Crippen molar-refractivity contribution in [1.29, 1.82) is 0 Å². The number of hydrogen-bond acceptors (Lipinski definition) is 5. The van der Waals surface area contributed by atoms with E-state index in [-0.39, 0.29) is 12.1 Å². The van der Waals surface area contributed by atoms with Crippen molar-refractivity contribution in [1.82, 2.24) is 14.8 Å². The maximum Gasteiger partial charge on any atom is 0.226 e. The molecule has 0 amide bonds. The summed E-state index contributed by atoms with van der Waals surface area (Å²) in [6, 6.07) is 21.7. The molecule has 2 aliphatic rings. The van der Waals surface area contributed by atoms with Crippen LogP contribution in [0.1, 0.15) is 28.8 Å². The van der Waals surface area contributed by atoms with E-state index < -0.39 is 0 Å². The lowest BCUT2D eigenvalue weighted by molar-refractivity contribution is 0.223. The van der Waals surface area contributed by atoms with Gasteiger partial charge < -0.3 is 14.8 Å². The minimum atomic E-state index is -0.335. The third-order valence-electron chi connectivity index (χ3n) is 5.98. The van der Waals surface area contributed by atoms with E-state index in [1.54, 1.807) is 13.4 Å². The van der Waals surface area contributed by atoms with Gasteiger partial charge in [0.2, 0.25) is 5.95 Å². The molecule has 8 heteroatoms. The Morgan fingerprint density at radius 3 is 2.55 bits per heavy atom. The Hall–Kier alpha value is -3.29. The molecule has 2 aliphatic heterocycles. The molecule has 1 aromatic heterocycles. The smallest absolute Gasteiger partial charge is 0.226 e. The highest BCUT2D eigenvalue weighted by atomic mass is 79.9. The van der Waals surface area contributed by atoms with Gasteiger partial charge in [0.1, 0.15) is 30.0 Å². The minimum absolute atomic E-state index is 0.231. The summed E-state index contributed by atoms with van der Waals surface area (Å²) in [5.74, 6) is 2.22. The van der Waals surface area contributed by atoms with Crippen molar-refractivity contribution in [2.45, 2.75) is 12.1 Å². The van der Waals surface area contributed by atoms with Crippen LogP contribution in [0.25, 0.3) is 5.70 Å². The van der Waals surface area contributed by atoms with E-state index in [0.717, 1.165) is 43.9 Å². The average molecular weight is 522 g/mol. The molecule has 0 radical (unpaired) electrons. The Bertz CT molecular complexity index is 1380. The second-order valence-corrected chi connectivity index (χ2v) is 9.20. The molecule has 3 heterocycles. The summed E-state index contributed by atoms with van der Waals surface area (Å²) in [7, 11) is 1.66. The van der Waals surface area contributed by atoms with E-state index in [4.69, 9.17) is 21.1 Å². The molecule has 4 aromatic rings. The van der Waals surface area contributed by atoms with Gasteiger partial charge in [0.15, 0.2) is 0 Å². The van der Waals surface area contributed by atoms with Crippen LogP contribution in [0.15, 0.2) is 83.1 Å². The molecule has 6 rings (SSSR count). The minimum Gasteiger partial charge on any atom is -0.497 e. The molecule has 1 N–H and O–H groups in total. The summed E-state index contributed by atoms with van der Waals surface area (Å²) in [6.07, 6.45) is 1.23. The molecule has 0 spiro atoms. The Balaban J connectivity index is 1.61. The number of hydrogen-bond donors (Lipinski definition) is 1. The number of nitrogens with zero attached hydrogens (tertiary/aromatic N) is 3. The molecule has 0 saturated heterocycles. The molecule has 0 fully saturated rings. The lowest BCUT2D eigenvalue weighted by Crippen LogP contribution is -2.32. The van der Waals surface area contributed by atoms with Gasteiger partial charge in [-0.3, -0.25) is 0 Å². The number of aromatic nitrogens is 3. The summed E-state index contributed by atoms with van der Waals surface area (Å²) < 4.78 is 14.9. The van der Waals surface area contributed by atoms with Gasteiger partial charge in [0, 0.05) is 20.6 Å². The van der Waals surface area contributed by atoms with Gasteiger partial charge in [-0.2, -0.15) is 10.1 Å². The van der Waals surface area contributed by atoms with E-state index in [0.29, 0.717) is 11.0 Å². The third kappa shape index (κ3) is 3.39. The summed E-state index contributed by atoms with van der Waals surface area (Å²) in [6.45, 7) is 0. The number of rotatable bonds is 3. The average Bonchev–Trinajstić information content (AvgIpc) is 3.31. The quantitative estimate of drug-likeness (QED) is 0.345. The highest BCUT2D eigenvalue weighted by Crippen LogP contribution is 2.51. The van der Waals surface area contributed by atoms with Crippen molar-refractivity contribution in [2.24, 2.45) is 0 Å². The first-order valence-electron chi connectivity index (χ1n) is 10.4. The van der Waals surface area contributed by atoms with Crippen LogP contribution in [0.3, 0.4) is 0 Å². The van der Waals surface area contributed by atoms with E-state index in [9.17, 15) is 0 Å². The molecule has 3 aromatic carbocycles. The van der Waals surface area contributed by atoms with Crippen molar-refractivity contribution in [2.75, 3.05) is 12.4 Å². The maximum absolute atomic E-state index is 6.61. The van der Waals surface area contributed by atoms with Crippen LogP contribution in [0.4, 0.5) is 5.95 Å². The zero-order chi connectivity index (χ0) is 22.5. The molecule has 0 saturated carbocycles. The number of nitrogens with one attached hydrogen (secondary N) is 1. The van der Waals surface area contributed by atoms with Crippen LogP contribution in [0.2, 0.25) is 5.02 Å². The van der Waals surface area contributed by atoms with Gasteiger partial charge in [-0.15, -0.1) is 0 Å². The molecule has 0 bridgehead atoms. The molecular weight excluding hydrogens is 504 g/mol. The van der Waals surface area contributed by atoms with Gasteiger partial charge in [-0.25, -0.2) is 4.68 Å². The van der Waals surface area contributed by atoms with Crippen LogP contribution in [0.5, 0.6) is 11.5 Å². The Labute approximate surface area is 204 Å². The van der Waals surface area contributed by atoms with Crippen molar-refractivity contribution >= 4 is 39.2 Å². The van der Waals surface area contributed by atoms with Gasteiger partial charge >= 0.3 is 0 Å². The first-order valence-corrected chi connectivity index (χ1v) is 11.6. The predicted molar refractivity (Wildman–Crippen MR) is 131 cm³/mol. The number of halogens is 2. The summed E-state index contributed by atoms with van der Waals surface area (Å²) in [5, 5.41) is 8.68. The fraction of sp³-hybridized carbons (Fsp3) is 0.120. The first-order chi connectivity index (χ1) is 16.1. The van der Waals surface area contributed by atoms with Gasteiger partial charge in [-0.05, 0) is 53.6 Å². The van der Waals surface area contributed by atoms with E-state index in [1.807, 2.05) is 47.1 Å². The largest absolute Gasteiger partial charge is 0.497 e. The number of methoxy groups -OCH3 is 1. The molecular formula is C25H18BrClN4O2. The first kappa shape index (κ1) is 20.3. The summed E-state index contributed by atoms with van der Waals surface area (Å²) >= 11 is 9.92. The number of ether oxygens (including phenoxy) is 2. The molecule has 6 nitrogen and oxygen atoms in total. The van der Waals surface area contributed by atoms with Crippen molar-refractivity contribution in [3.05, 3.63) is 105 Å². The predicted octanol–water partition coefficient (Wildman–Crippen LogP) is 6.26.